The third-order valence-electron chi connectivity index (χ3n) is 5.23. The van der Waals surface area contributed by atoms with Gasteiger partial charge in [0.1, 0.15) is 0 Å². The monoisotopic (exact) mass is 388 g/mol. The van der Waals surface area contributed by atoms with Gasteiger partial charge in [0.25, 0.3) is 5.91 Å². The predicted octanol–water partition coefficient (Wildman–Crippen LogP) is 3.58. The zero-order chi connectivity index (χ0) is 20.1. The smallest absolute Gasteiger partial charge is 0.257 e. The van der Waals surface area contributed by atoms with Crippen molar-refractivity contribution < 1.29 is 9.59 Å². The molecule has 0 aliphatic carbocycles. The van der Waals surface area contributed by atoms with Crippen LogP contribution in [0.5, 0.6) is 0 Å². The Hall–Kier alpha value is -3.17. The van der Waals surface area contributed by atoms with Crippen molar-refractivity contribution in [3.8, 4) is 11.8 Å². The van der Waals surface area contributed by atoms with Gasteiger partial charge in [-0.15, -0.1) is 5.92 Å². The number of para-hydroxylation sites is 1. The van der Waals surface area contributed by atoms with Crippen LogP contribution in [0.1, 0.15) is 42.5 Å². The Kier molecular flexibility index (Phi) is 5.87. The summed E-state index contributed by atoms with van der Waals surface area (Å²) < 4.78 is 0. The van der Waals surface area contributed by atoms with E-state index in [0.717, 1.165) is 19.6 Å². The first-order valence-electron chi connectivity index (χ1n) is 10.1. The number of nitrogens with one attached hydrogen (secondary N) is 1. The molecule has 1 aromatic carbocycles. The van der Waals surface area contributed by atoms with Crippen LogP contribution in [0.25, 0.3) is 0 Å². The number of fused-ring (bicyclic) bond motifs is 2. The van der Waals surface area contributed by atoms with Gasteiger partial charge < -0.3 is 5.32 Å². The summed E-state index contributed by atoms with van der Waals surface area (Å²) in [5.74, 6) is 6.40. The number of amides is 2. The number of pyridine rings is 1. The number of likely N-dealkylation sites (tertiary alicyclic amines) is 1. The summed E-state index contributed by atoms with van der Waals surface area (Å²) in [5.41, 5.74) is 1.53. The normalized spacial score (nSPS) is 16.0. The molecule has 1 aromatic heterocycles. The zero-order valence-electron chi connectivity index (χ0n) is 16.4. The number of hydrogen-bond donors (Lipinski definition) is 1. The SMILES string of the molecule is O=C1Nc2cccnc2N(C(=O)CCC#CCN2CCCCC2)c2ccccc21. The molecule has 1 fully saturated rings. The van der Waals surface area contributed by atoms with E-state index in [9.17, 15) is 9.59 Å². The highest BCUT2D eigenvalue weighted by Crippen LogP contribution is 2.36. The van der Waals surface area contributed by atoms with E-state index < -0.39 is 0 Å². The molecule has 6 heteroatoms. The number of hydrogen-bond acceptors (Lipinski definition) is 4. The first kappa shape index (κ1) is 19.2. The molecule has 6 nitrogen and oxygen atoms in total. The van der Waals surface area contributed by atoms with Crippen molar-refractivity contribution >= 4 is 29.0 Å². The highest BCUT2D eigenvalue weighted by molar-refractivity contribution is 6.17. The lowest BCUT2D eigenvalue weighted by atomic mass is 10.1. The minimum absolute atomic E-state index is 0.124. The van der Waals surface area contributed by atoms with E-state index in [0.29, 0.717) is 29.2 Å². The molecule has 2 aliphatic heterocycles. The Morgan fingerprint density at radius 1 is 1.07 bits per heavy atom. The quantitative estimate of drug-likeness (QED) is 0.817. The molecule has 0 spiro atoms. The van der Waals surface area contributed by atoms with Gasteiger partial charge in [0.2, 0.25) is 5.91 Å². The second-order valence-electron chi connectivity index (χ2n) is 7.27. The van der Waals surface area contributed by atoms with Gasteiger partial charge in [0.05, 0.1) is 23.5 Å². The number of benzene rings is 1. The van der Waals surface area contributed by atoms with Crippen molar-refractivity contribution in [2.45, 2.75) is 32.1 Å². The largest absolute Gasteiger partial charge is 0.319 e. The van der Waals surface area contributed by atoms with Gasteiger partial charge in [-0.2, -0.15) is 0 Å². The minimum atomic E-state index is -0.244. The van der Waals surface area contributed by atoms with E-state index in [1.165, 1.54) is 24.2 Å². The summed E-state index contributed by atoms with van der Waals surface area (Å²) in [5, 5.41) is 2.85. The van der Waals surface area contributed by atoms with Crippen LogP contribution >= 0.6 is 0 Å². The van der Waals surface area contributed by atoms with Gasteiger partial charge in [-0.3, -0.25) is 19.4 Å². The van der Waals surface area contributed by atoms with Gasteiger partial charge in [-0.05, 0) is 50.2 Å². The third kappa shape index (κ3) is 4.30. The van der Waals surface area contributed by atoms with Crippen LogP contribution in [0.3, 0.4) is 0 Å². The van der Waals surface area contributed by atoms with Crippen LogP contribution in [0.2, 0.25) is 0 Å². The number of rotatable bonds is 3. The molecule has 4 rings (SSSR count). The maximum absolute atomic E-state index is 13.1. The summed E-state index contributed by atoms with van der Waals surface area (Å²) in [6.45, 7) is 2.99. The number of nitrogens with zero attached hydrogens (tertiary/aromatic N) is 3. The summed E-state index contributed by atoms with van der Waals surface area (Å²) >= 11 is 0. The topological polar surface area (TPSA) is 65.5 Å². The van der Waals surface area contributed by atoms with Gasteiger partial charge in [0, 0.05) is 19.0 Å². The van der Waals surface area contributed by atoms with E-state index in [1.54, 1.807) is 36.5 Å². The van der Waals surface area contributed by atoms with Crippen LogP contribution in [0.4, 0.5) is 17.2 Å². The summed E-state index contributed by atoms with van der Waals surface area (Å²) in [4.78, 5) is 34.0. The number of aromatic nitrogens is 1. The maximum Gasteiger partial charge on any atom is 0.257 e. The molecule has 3 heterocycles. The van der Waals surface area contributed by atoms with Crippen LogP contribution < -0.4 is 10.2 Å². The average Bonchev–Trinajstić information content (AvgIpc) is 2.88. The highest BCUT2D eigenvalue weighted by atomic mass is 16.2. The predicted molar refractivity (Wildman–Crippen MR) is 113 cm³/mol. The minimum Gasteiger partial charge on any atom is -0.319 e. The molecule has 0 unspecified atom stereocenters. The molecule has 2 amide bonds. The van der Waals surface area contributed by atoms with Crippen molar-refractivity contribution in [2.24, 2.45) is 0 Å². The first-order valence-corrected chi connectivity index (χ1v) is 10.1. The van der Waals surface area contributed by atoms with Crippen molar-refractivity contribution in [1.82, 2.24) is 9.88 Å². The van der Waals surface area contributed by atoms with Crippen molar-refractivity contribution in [3.05, 3.63) is 48.2 Å². The maximum atomic E-state index is 13.1. The fourth-order valence-corrected chi connectivity index (χ4v) is 3.74. The lowest BCUT2D eigenvalue weighted by Crippen LogP contribution is -2.29. The highest BCUT2D eigenvalue weighted by Gasteiger charge is 2.29. The number of piperidine rings is 1. The average molecular weight is 388 g/mol. The van der Waals surface area contributed by atoms with Crippen molar-refractivity contribution in [2.75, 3.05) is 29.9 Å². The van der Waals surface area contributed by atoms with E-state index in [2.05, 4.69) is 27.0 Å². The fraction of sp³-hybridized carbons (Fsp3) is 0.348. The zero-order valence-corrected chi connectivity index (χ0v) is 16.4. The molecule has 29 heavy (non-hydrogen) atoms. The van der Waals surface area contributed by atoms with Gasteiger partial charge >= 0.3 is 0 Å². The fourth-order valence-electron chi connectivity index (χ4n) is 3.74. The molecular formula is C23H24N4O2. The Morgan fingerprint density at radius 2 is 1.90 bits per heavy atom. The Labute approximate surface area is 170 Å². The number of carbonyl (C=O) groups is 2. The van der Waals surface area contributed by atoms with E-state index in [1.807, 2.05) is 6.07 Å². The van der Waals surface area contributed by atoms with Crippen LogP contribution in [0, 0.1) is 11.8 Å². The van der Waals surface area contributed by atoms with Crippen LogP contribution in [0.15, 0.2) is 42.6 Å². The lowest BCUT2D eigenvalue weighted by molar-refractivity contribution is -0.117. The molecule has 0 radical (unpaired) electrons. The number of carbonyl (C=O) groups excluding carboxylic acids is 2. The van der Waals surface area contributed by atoms with E-state index in [4.69, 9.17) is 0 Å². The van der Waals surface area contributed by atoms with Crippen molar-refractivity contribution in [3.63, 3.8) is 0 Å². The van der Waals surface area contributed by atoms with Crippen molar-refractivity contribution in [1.29, 1.82) is 0 Å². The summed E-state index contributed by atoms with van der Waals surface area (Å²) in [7, 11) is 0. The van der Waals surface area contributed by atoms with Crippen LogP contribution in [-0.4, -0.2) is 41.3 Å². The summed E-state index contributed by atoms with van der Waals surface area (Å²) in [6, 6.07) is 10.6. The molecule has 1 saturated heterocycles. The molecule has 0 saturated carbocycles. The Balaban J connectivity index is 1.50. The second-order valence-corrected chi connectivity index (χ2v) is 7.27. The van der Waals surface area contributed by atoms with Gasteiger partial charge in [-0.1, -0.05) is 24.5 Å². The molecule has 1 N–H and O–H groups in total. The molecule has 0 bridgehead atoms. The molecule has 2 aliphatic rings. The first-order chi connectivity index (χ1) is 14.2. The summed E-state index contributed by atoms with van der Waals surface area (Å²) in [6.07, 6.45) is 6.17. The Bertz CT molecular complexity index is 970. The molecule has 2 aromatic rings. The molecule has 0 atom stereocenters. The van der Waals surface area contributed by atoms with E-state index in [-0.39, 0.29) is 18.2 Å². The van der Waals surface area contributed by atoms with Gasteiger partial charge in [-0.25, -0.2) is 4.98 Å². The third-order valence-corrected chi connectivity index (χ3v) is 5.23. The Morgan fingerprint density at radius 3 is 2.76 bits per heavy atom. The van der Waals surface area contributed by atoms with Crippen LogP contribution in [-0.2, 0) is 4.79 Å². The standard InChI is InChI=1S/C23H24N4O2/c28-21(13-3-1-6-15-26-16-7-2-8-17-26)27-20-12-5-4-10-18(20)23(29)25-19-11-9-14-24-22(19)27/h4-5,9-12,14H,2-3,7-8,13,15-17H2,(H,25,29). The molecule has 148 valence electrons. The number of anilines is 3. The molecular weight excluding hydrogens is 364 g/mol. The van der Waals surface area contributed by atoms with E-state index >= 15 is 0 Å². The lowest BCUT2D eigenvalue weighted by Gasteiger charge is -2.23. The van der Waals surface area contributed by atoms with Gasteiger partial charge in [0.15, 0.2) is 5.82 Å². The second kappa shape index (κ2) is 8.89.